The zero-order chi connectivity index (χ0) is 10.7. The number of methoxy groups -OCH3 is 1. The lowest BCUT2D eigenvalue weighted by Crippen LogP contribution is -2.29. The molecule has 1 heterocycles. The van der Waals surface area contributed by atoms with E-state index < -0.39 is 0 Å². The van der Waals surface area contributed by atoms with Gasteiger partial charge in [0.05, 0.1) is 7.11 Å². The second-order valence-corrected chi connectivity index (χ2v) is 4.32. The molecule has 1 fully saturated rings. The smallest absolute Gasteiger partial charge is 0.122 e. The molecule has 0 aromatic heterocycles. The van der Waals surface area contributed by atoms with Gasteiger partial charge in [-0.05, 0) is 50.5 Å². The van der Waals surface area contributed by atoms with Crippen LogP contribution in [0.2, 0.25) is 0 Å². The van der Waals surface area contributed by atoms with Crippen molar-refractivity contribution in [2.24, 2.45) is 0 Å². The van der Waals surface area contributed by atoms with Crippen LogP contribution in [0.1, 0.15) is 24.3 Å². The van der Waals surface area contributed by atoms with Crippen LogP contribution in [0.25, 0.3) is 0 Å². The molecule has 2 rings (SSSR count). The van der Waals surface area contributed by atoms with Crippen LogP contribution < -0.4 is 4.74 Å². The molecule has 1 aliphatic heterocycles. The third-order valence-electron chi connectivity index (χ3n) is 3.30. The molecule has 0 saturated carbocycles. The van der Waals surface area contributed by atoms with Crippen LogP contribution in [0, 0.1) is 0 Å². The lowest BCUT2D eigenvalue weighted by molar-refractivity contribution is 0.252. The molecule has 0 spiro atoms. The van der Waals surface area contributed by atoms with Gasteiger partial charge in [0.2, 0.25) is 0 Å². The summed E-state index contributed by atoms with van der Waals surface area (Å²) in [5.41, 5.74) is 1.38. The summed E-state index contributed by atoms with van der Waals surface area (Å²) in [5.74, 6) is 1.73. The normalized spacial score (nSPS) is 19.1. The SMILES string of the molecule is COc1ccccc1C1CCN(C)CC1. The largest absolute Gasteiger partial charge is 0.496 e. The van der Waals surface area contributed by atoms with Crippen molar-refractivity contribution in [3.8, 4) is 5.75 Å². The number of benzene rings is 1. The van der Waals surface area contributed by atoms with Crippen molar-refractivity contribution in [3.63, 3.8) is 0 Å². The highest BCUT2D eigenvalue weighted by molar-refractivity contribution is 5.36. The standard InChI is InChI=1S/C13H19NO/c1-14-9-7-11(8-10-14)12-5-3-4-6-13(12)15-2/h3-6,11H,7-10H2,1-2H3. The van der Waals surface area contributed by atoms with Gasteiger partial charge in [-0.3, -0.25) is 0 Å². The van der Waals surface area contributed by atoms with Crippen LogP contribution in [-0.4, -0.2) is 32.1 Å². The van der Waals surface area contributed by atoms with Gasteiger partial charge in [0.25, 0.3) is 0 Å². The van der Waals surface area contributed by atoms with E-state index in [1.54, 1.807) is 7.11 Å². The van der Waals surface area contributed by atoms with Crippen LogP contribution in [0.4, 0.5) is 0 Å². The summed E-state index contributed by atoms with van der Waals surface area (Å²) in [6, 6.07) is 8.41. The maximum atomic E-state index is 5.41. The number of piperidine rings is 1. The molecule has 0 aliphatic carbocycles. The molecule has 0 bridgehead atoms. The van der Waals surface area contributed by atoms with Gasteiger partial charge in [-0.15, -0.1) is 0 Å². The first kappa shape index (κ1) is 10.5. The fraction of sp³-hybridized carbons (Fsp3) is 0.538. The van der Waals surface area contributed by atoms with Crippen LogP contribution in [0.3, 0.4) is 0 Å². The second-order valence-electron chi connectivity index (χ2n) is 4.32. The minimum atomic E-state index is 0.678. The Morgan fingerprint density at radius 3 is 2.53 bits per heavy atom. The van der Waals surface area contributed by atoms with Crippen LogP contribution >= 0.6 is 0 Å². The zero-order valence-corrected chi connectivity index (χ0v) is 9.57. The number of ether oxygens (including phenoxy) is 1. The summed E-state index contributed by atoms with van der Waals surface area (Å²) in [4.78, 5) is 2.39. The van der Waals surface area contributed by atoms with Crippen molar-refractivity contribution in [1.29, 1.82) is 0 Å². The van der Waals surface area contributed by atoms with Gasteiger partial charge in [0.15, 0.2) is 0 Å². The molecule has 0 radical (unpaired) electrons. The van der Waals surface area contributed by atoms with Gasteiger partial charge < -0.3 is 9.64 Å². The number of nitrogens with zero attached hydrogens (tertiary/aromatic N) is 1. The molecule has 1 saturated heterocycles. The van der Waals surface area contributed by atoms with Gasteiger partial charge in [0.1, 0.15) is 5.75 Å². The molecule has 1 aromatic rings. The topological polar surface area (TPSA) is 12.5 Å². The Bertz CT molecular complexity index is 316. The fourth-order valence-corrected chi connectivity index (χ4v) is 2.32. The second kappa shape index (κ2) is 4.67. The number of rotatable bonds is 2. The van der Waals surface area contributed by atoms with Crippen molar-refractivity contribution in [3.05, 3.63) is 29.8 Å². The highest BCUT2D eigenvalue weighted by Crippen LogP contribution is 2.33. The van der Waals surface area contributed by atoms with Crippen LogP contribution in [0.15, 0.2) is 24.3 Å². The minimum Gasteiger partial charge on any atom is -0.496 e. The average Bonchev–Trinajstić information content (AvgIpc) is 2.30. The predicted octanol–water partition coefficient (Wildman–Crippen LogP) is 2.50. The monoisotopic (exact) mass is 205 g/mol. The Kier molecular flexibility index (Phi) is 3.27. The molecule has 2 heteroatoms. The van der Waals surface area contributed by atoms with E-state index in [9.17, 15) is 0 Å². The molecule has 2 nitrogen and oxygen atoms in total. The number of para-hydroxylation sites is 1. The fourth-order valence-electron chi connectivity index (χ4n) is 2.32. The highest BCUT2D eigenvalue weighted by atomic mass is 16.5. The average molecular weight is 205 g/mol. The first-order valence-electron chi connectivity index (χ1n) is 5.62. The molecule has 15 heavy (non-hydrogen) atoms. The predicted molar refractivity (Wildman–Crippen MR) is 62.5 cm³/mol. The van der Waals surface area contributed by atoms with Gasteiger partial charge in [-0.2, -0.15) is 0 Å². The quantitative estimate of drug-likeness (QED) is 0.735. The lowest BCUT2D eigenvalue weighted by atomic mass is 9.89. The van der Waals surface area contributed by atoms with E-state index in [-0.39, 0.29) is 0 Å². The first-order valence-corrected chi connectivity index (χ1v) is 5.62. The lowest BCUT2D eigenvalue weighted by Gasteiger charge is -2.29. The van der Waals surface area contributed by atoms with Gasteiger partial charge in [-0.25, -0.2) is 0 Å². The van der Waals surface area contributed by atoms with Gasteiger partial charge >= 0.3 is 0 Å². The van der Waals surface area contributed by atoms with E-state index in [0.717, 1.165) is 5.75 Å². The Morgan fingerprint density at radius 2 is 1.87 bits per heavy atom. The summed E-state index contributed by atoms with van der Waals surface area (Å²) in [6.07, 6.45) is 2.49. The van der Waals surface area contributed by atoms with E-state index in [1.165, 1.54) is 31.5 Å². The Balaban J connectivity index is 2.15. The zero-order valence-electron chi connectivity index (χ0n) is 9.57. The number of likely N-dealkylation sites (tertiary alicyclic amines) is 1. The molecule has 0 atom stereocenters. The molecule has 0 N–H and O–H groups in total. The minimum absolute atomic E-state index is 0.678. The molecule has 0 unspecified atom stereocenters. The molecule has 82 valence electrons. The summed E-state index contributed by atoms with van der Waals surface area (Å²) >= 11 is 0. The molecular formula is C13H19NO. The molecule has 1 aliphatic rings. The van der Waals surface area contributed by atoms with Crippen molar-refractivity contribution >= 4 is 0 Å². The van der Waals surface area contributed by atoms with E-state index in [1.807, 2.05) is 6.07 Å². The Labute approximate surface area is 91.9 Å². The van der Waals surface area contributed by atoms with E-state index >= 15 is 0 Å². The van der Waals surface area contributed by atoms with Crippen molar-refractivity contribution in [2.45, 2.75) is 18.8 Å². The van der Waals surface area contributed by atoms with Crippen LogP contribution in [0.5, 0.6) is 5.75 Å². The molecule has 0 amide bonds. The summed E-state index contributed by atoms with van der Waals surface area (Å²) in [7, 11) is 3.95. The molecule has 1 aromatic carbocycles. The number of hydrogen-bond donors (Lipinski definition) is 0. The maximum absolute atomic E-state index is 5.41. The van der Waals surface area contributed by atoms with Crippen molar-refractivity contribution in [2.75, 3.05) is 27.2 Å². The van der Waals surface area contributed by atoms with E-state index in [2.05, 4.69) is 30.1 Å². The Hall–Kier alpha value is -1.02. The molecular weight excluding hydrogens is 186 g/mol. The van der Waals surface area contributed by atoms with Gasteiger partial charge in [0, 0.05) is 0 Å². The van der Waals surface area contributed by atoms with Crippen molar-refractivity contribution in [1.82, 2.24) is 4.90 Å². The van der Waals surface area contributed by atoms with E-state index in [4.69, 9.17) is 4.74 Å². The highest BCUT2D eigenvalue weighted by Gasteiger charge is 2.20. The van der Waals surface area contributed by atoms with Gasteiger partial charge in [-0.1, -0.05) is 18.2 Å². The summed E-state index contributed by atoms with van der Waals surface area (Å²) < 4.78 is 5.41. The summed E-state index contributed by atoms with van der Waals surface area (Å²) in [6.45, 7) is 2.39. The third-order valence-corrected chi connectivity index (χ3v) is 3.30. The van der Waals surface area contributed by atoms with Crippen LogP contribution in [-0.2, 0) is 0 Å². The summed E-state index contributed by atoms with van der Waals surface area (Å²) in [5, 5.41) is 0. The van der Waals surface area contributed by atoms with E-state index in [0.29, 0.717) is 5.92 Å². The van der Waals surface area contributed by atoms with Crippen molar-refractivity contribution < 1.29 is 4.74 Å². The maximum Gasteiger partial charge on any atom is 0.122 e. The first-order chi connectivity index (χ1) is 7.31. The Morgan fingerprint density at radius 1 is 1.20 bits per heavy atom. The number of hydrogen-bond acceptors (Lipinski definition) is 2. The third kappa shape index (κ3) is 2.32.